The van der Waals surface area contributed by atoms with E-state index in [1.54, 1.807) is 24.3 Å². The van der Waals surface area contributed by atoms with Gasteiger partial charge in [0.25, 0.3) is 5.91 Å². The summed E-state index contributed by atoms with van der Waals surface area (Å²) in [6.45, 7) is -1.23. The molecule has 0 unspecified atom stereocenters. The Labute approximate surface area is 194 Å². The zero-order valence-electron chi connectivity index (χ0n) is 17.2. The molecule has 12 heteroatoms. The van der Waals surface area contributed by atoms with Crippen LogP contribution in [-0.2, 0) is 29.1 Å². The summed E-state index contributed by atoms with van der Waals surface area (Å²) >= 11 is 5.82. The Morgan fingerprint density at radius 1 is 1.15 bits per heavy atom. The summed E-state index contributed by atoms with van der Waals surface area (Å²) in [6, 6.07) is 10.8. The molecule has 2 heterocycles. The van der Waals surface area contributed by atoms with Gasteiger partial charge in [0.15, 0.2) is 6.61 Å². The molecule has 33 heavy (non-hydrogen) atoms. The van der Waals surface area contributed by atoms with Gasteiger partial charge < -0.3 is 15.2 Å². The van der Waals surface area contributed by atoms with Gasteiger partial charge in [-0.25, -0.2) is 8.42 Å². The van der Waals surface area contributed by atoms with Gasteiger partial charge in [-0.1, -0.05) is 23.7 Å². The van der Waals surface area contributed by atoms with Gasteiger partial charge in [-0.15, -0.1) is 0 Å². The first-order valence-electron chi connectivity index (χ1n) is 9.98. The average molecular weight is 494 g/mol. The lowest BCUT2D eigenvalue weighted by Crippen LogP contribution is -2.45. The first-order valence-corrected chi connectivity index (χ1v) is 11.8. The number of aliphatic hydroxyl groups excluding tert-OH is 1. The molecule has 4 rings (SSSR count). The maximum atomic E-state index is 13.0. The van der Waals surface area contributed by atoms with E-state index < -0.39 is 46.6 Å². The van der Waals surface area contributed by atoms with Gasteiger partial charge in [0.1, 0.15) is 12.6 Å². The Bertz CT molecular complexity index is 1200. The highest BCUT2D eigenvalue weighted by Gasteiger charge is 2.44. The number of aliphatic hydroxyl groups is 1. The van der Waals surface area contributed by atoms with E-state index in [1.807, 2.05) is 0 Å². The number of rotatable bonds is 5. The number of carbonyl (C=O) groups excluding carboxylic acids is 3. The van der Waals surface area contributed by atoms with Crippen LogP contribution in [0.3, 0.4) is 0 Å². The van der Waals surface area contributed by atoms with Crippen LogP contribution in [0.1, 0.15) is 6.42 Å². The van der Waals surface area contributed by atoms with Crippen molar-refractivity contribution in [2.45, 2.75) is 23.5 Å². The number of esters is 1. The zero-order chi connectivity index (χ0) is 23.8. The van der Waals surface area contributed by atoms with Crippen LogP contribution in [0.5, 0.6) is 0 Å². The molecule has 0 spiro atoms. The standard InChI is InChI=1S/C21H20ClN3O7S/c22-13-5-7-15(8-6-13)33(30,31)25-10-14(26)9-18(25)21(29)32-12-20(28)24-11-19(27)23-16-3-1-2-4-17(16)24/h1-8,14,18,26H,9-12H2,(H,23,27)/t14-,18+/m0/s1. The average Bonchev–Trinajstić information content (AvgIpc) is 3.19. The van der Waals surface area contributed by atoms with Crippen LogP contribution in [0.25, 0.3) is 0 Å². The number of β-amino-alcohol motifs (C(OH)–C–C–N with tert-alkyl or cyclic N) is 1. The number of nitrogens with one attached hydrogen (secondary N) is 1. The van der Waals surface area contributed by atoms with E-state index in [9.17, 15) is 27.9 Å². The van der Waals surface area contributed by atoms with Crippen molar-refractivity contribution in [1.82, 2.24) is 4.31 Å². The summed E-state index contributed by atoms with van der Waals surface area (Å²) in [5.41, 5.74) is 0.911. The zero-order valence-corrected chi connectivity index (χ0v) is 18.8. The predicted molar refractivity (Wildman–Crippen MR) is 118 cm³/mol. The summed E-state index contributed by atoms with van der Waals surface area (Å²) in [4.78, 5) is 38.4. The van der Waals surface area contributed by atoms with Crippen LogP contribution in [0.15, 0.2) is 53.4 Å². The number of sulfonamides is 1. The van der Waals surface area contributed by atoms with Gasteiger partial charge in [-0.2, -0.15) is 4.31 Å². The third-order valence-corrected chi connectivity index (χ3v) is 7.48. The van der Waals surface area contributed by atoms with Gasteiger partial charge >= 0.3 is 5.97 Å². The number of carbonyl (C=O) groups is 3. The summed E-state index contributed by atoms with van der Waals surface area (Å²) in [7, 11) is -4.12. The fourth-order valence-corrected chi connectivity index (χ4v) is 5.52. The largest absolute Gasteiger partial charge is 0.454 e. The van der Waals surface area contributed by atoms with E-state index in [0.29, 0.717) is 16.4 Å². The minimum Gasteiger partial charge on any atom is -0.454 e. The fraction of sp³-hybridized carbons (Fsp3) is 0.286. The third-order valence-electron chi connectivity index (χ3n) is 5.34. The Morgan fingerprint density at radius 2 is 1.85 bits per heavy atom. The molecule has 2 N–H and O–H groups in total. The van der Waals surface area contributed by atoms with Crippen molar-refractivity contribution < 1.29 is 32.6 Å². The van der Waals surface area contributed by atoms with Gasteiger partial charge in [0.2, 0.25) is 15.9 Å². The predicted octanol–water partition coefficient (Wildman–Crippen LogP) is 0.992. The minimum absolute atomic E-state index is 0.0918. The normalized spacial score (nSPS) is 20.8. The number of halogens is 1. The van der Waals surface area contributed by atoms with Gasteiger partial charge in [-0.05, 0) is 36.4 Å². The molecule has 0 aromatic heterocycles. The van der Waals surface area contributed by atoms with Crippen LogP contribution >= 0.6 is 11.6 Å². The van der Waals surface area contributed by atoms with Crippen LogP contribution in [0, 0.1) is 0 Å². The van der Waals surface area contributed by atoms with Gasteiger partial charge in [-0.3, -0.25) is 19.3 Å². The Kier molecular flexibility index (Phi) is 6.39. The second-order valence-corrected chi connectivity index (χ2v) is 9.91. The Morgan fingerprint density at radius 3 is 2.58 bits per heavy atom. The molecule has 0 aliphatic carbocycles. The molecule has 2 aliphatic rings. The highest BCUT2D eigenvalue weighted by molar-refractivity contribution is 7.89. The molecule has 2 amide bonds. The van der Waals surface area contributed by atoms with Crippen LogP contribution in [-0.4, -0.2) is 67.5 Å². The van der Waals surface area contributed by atoms with Crippen LogP contribution in [0.4, 0.5) is 11.4 Å². The van der Waals surface area contributed by atoms with Gasteiger partial charge in [0.05, 0.1) is 22.4 Å². The Hall–Kier alpha value is -2.99. The number of ether oxygens (including phenoxy) is 1. The van der Waals surface area contributed by atoms with E-state index >= 15 is 0 Å². The van der Waals surface area contributed by atoms with E-state index in [1.165, 1.54) is 29.2 Å². The van der Waals surface area contributed by atoms with E-state index in [2.05, 4.69) is 5.32 Å². The second-order valence-electron chi connectivity index (χ2n) is 7.59. The van der Waals surface area contributed by atoms with E-state index in [4.69, 9.17) is 16.3 Å². The van der Waals surface area contributed by atoms with Crippen molar-refractivity contribution in [1.29, 1.82) is 0 Å². The number of nitrogens with zero attached hydrogens (tertiary/aromatic N) is 2. The first kappa shape index (κ1) is 23.2. The summed E-state index contributed by atoms with van der Waals surface area (Å²) < 4.78 is 32.0. The molecular formula is C21H20ClN3O7S. The number of anilines is 2. The van der Waals surface area contributed by atoms with E-state index in [-0.39, 0.29) is 24.4 Å². The fourth-order valence-electron chi connectivity index (χ4n) is 3.77. The second kappa shape index (κ2) is 9.10. The van der Waals surface area contributed by atoms with Crippen molar-refractivity contribution >= 4 is 50.8 Å². The number of hydrogen-bond acceptors (Lipinski definition) is 7. The molecule has 1 saturated heterocycles. The number of amides is 2. The van der Waals surface area contributed by atoms with Crippen molar-refractivity contribution in [3.8, 4) is 0 Å². The quantitative estimate of drug-likeness (QED) is 0.593. The highest BCUT2D eigenvalue weighted by Crippen LogP contribution is 2.30. The monoisotopic (exact) mass is 493 g/mol. The molecule has 2 aliphatic heterocycles. The summed E-state index contributed by atoms with van der Waals surface area (Å²) in [6.07, 6.45) is -1.24. The van der Waals surface area contributed by atoms with Crippen molar-refractivity contribution in [3.63, 3.8) is 0 Å². The van der Waals surface area contributed by atoms with Crippen molar-refractivity contribution in [3.05, 3.63) is 53.6 Å². The lowest BCUT2D eigenvalue weighted by atomic mass is 10.2. The van der Waals surface area contributed by atoms with E-state index in [0.717, 1.165) is 4.31 Å². The molecule has 2 atom stereocenters. The maximum absolute atomic E-state index is 13.0. The third kappa shape index (κ3) is 4.71. The molecule has 2 aromatic carbocycles. The Balaban J connectivity index is 1.47. The minimum atomic E-state index is -4.12. The van der Waals surface area contributed by atoms with Crippen LogP contribution < -0.4 is 10.2 Å². The summed E-state index contributed by atoms with van der Waals surface area (Å²) in [5.74, 6) is -2.00. The molecule has 174 valence electrons. The number of hydrogen-bond donors (Lipinski definition) is 2. The summed E-state index contributed by atoms with van der Waals surface area (Å²) in [5, 5.41) is 13.0. The first-order chi connectivity index (χ1) is 15.7. The molecular weight excluding hydrogens is 474 g/mol. The molecule has 0 radical (unpaired) electrons. The van der Waals surface area contributed by atoms with Crippen molar-refractivity contribution in [2.24, 2.45) is 0 Å². The van der Waals surface area contributed by atoms with Crippen molar-refractivity contribution in [2.75, 3.05) is 29.9 Å². The lowest BCUT2D eigenvalue weighted by molar-refractivity contribution is -0.151. The highest BCUT2D eigenvalue weighted by atomic mass is 35.5. The molecule has 0 saturated carbocycles. The maximum Gasteiger partial charge on any atom is 0.325 e. The van der Waals surface area contributed by atoms with Crippen LogP contribution in [0.2, 0.25) is 5.02 Å². The molecule has 0 bridgehead atoms. The number of para-hydroxylation sites is 2. The number of fused-ring (bicyclic) bond motifs is 1. The topological polar surface area (TPSA) is 133 Å². The lowest BCUT2D eigenvalue weighted by Gasteiger charge is -2.29. The molecule has 2 aromatic rings. The van der Waals surface area contributed by atoms with Gasteiger partial charge in [0, 0.05) is 18.0 Å². The smallest absolute Gasteiger partial charge is 0.325 e. The molecule has 10 nitrogen and oxygen atoms in total. The SMILES string of the molecule is O=C1CN(C(=O)COC(=O)[C@H]2C[C@H](O)CN2S(=O)(=O)c2ccc(Cl)cc2)c2ccccc2N1. The molecule has 1 fully saturated rings. The number of benzene rings is 2.